The first kappa shape index (κ1) is 18.2. The molecule has 1 fully saturated rings. The maximum absolute atomic E-state index is 12.1. The molecule has 0 radical (unpaired) electrons. The van der Waals surface area contributed by atoms with E-state index in [0.717, 1.165) is 31.6 Å². The van der Waals surface area contributed by atoms with Crippen LogP contribution in [0.5, 0.6) is 0 Å². The number of rotatable bonds is 6. The van der Waals surface area contributed by atoms with Crippen molar-refractivity contribution in [2.45, 2.75) is 50.0 Å². The van der Waals surface area contributed by atoms with Gasteiger partial charge in [-0.15, -0.1) is 0 Å². The molecule has 1 aliphatic rings. The standard InChI is InChI=1S/C16H23ClN2O3S/c1-12-6-8-13(9-7-12)19-16(20)10-11-18-23(21,22)15-5-3-2-4-14(15)17/h2-5,12-13,18H,6-11H2,1H3,(H,19,20). The third-order valence-corrected chi connectivity index (χ3v) is 6.11. The predicted octanol–water partition coefficient (Wildman–Crippen LogP) is 2.70. The van der Waals surface area contributed by atoms with E-state index in [2.05, 4.69) is 17.0 Å². The molecule has 0 aliphatic heterocycles. The second-order valence-corrected chi connectivity index (χ2v) is 8.25. The van der Waals surface area contributed by atoms with Crippen LogP contribution in [-0.2, 0) is 14.8 Å². The van der Waals surface area contributed by atoms with Gasteiger partial charge in [0.15, 0.2) is 0 Å². The van der Waals surface area contributed by atoms with Crippen LogP contribution in [0.1, 0.15) is 39.0 Å². The van der Waals surface area contributed by atoms with Gasteiger partial charge in [-0.1, -0.05) is 30.7 Å². The lowest BCUT2D eigenvalue weighted by molar-refractivity contribution is -0.121. The Morgan fingerprint density at radius 2 is 1.87 bits per heavy atom. The summed E-state index contributed by atoms with van der Waals surface area (Å²) in [6.45, 7) is 2.28. The van der Waals surface area contributed by atoms with Crippen molar-refractivity contribution in [2.24, 2.45) is 5.92 Å². The van der Waals surface area contributed by atoms with Crippen LogP contribution in [-0.4, -0.2) is 26.9 Å². The smallest absolute Gasteiger partial charge is 0.242 e. The van der Waals surface area contributed by atoms with Crippen molar-refractivity contribution in [3.63, 3.8) is 0 Å². The normalized spacial score (nSPS) is 21.8. The predicted molar refractivity (Wildman–Crippen MR) is 90.8 cm³/mol. The van der Waals surface area contributed by atoms with Crippen molar-refractivity contribution in [1.29, 1.82) is 0 Å². The molecule has 2 rings (SSSR count). The fourth-order valence-corrected chi connectivity index (χ4v) is 4.29. The van der Waals surface area contributed by atoms with Crippen molar-refractivity contribution in [2.75, 3.05) is 6.54 Å². The van der Waals surface area contributed by atoms with Gasteiger partial charge < -0.3 is 5.32 Å². The summed E-state index contributed by atoms with van der Waals surface area (Å²) in [7, 11) is -3.69. The van der Waals surface area contributed by atoms with E-state index in [0.29, 0.717) is 0 Å². The number of carbonyl (C=O) groups excluding carboxylic acids is 1. The first-order chi connectivity index (χ1) is 10.9. The van der Waals surface area contributed by atoms with Crippen LogP contribution in [0, 0.1) is 5.92 Å². The summed E-state index contributed by atoms with van der Waals surface area (Å²) < 4.78 is 26.7. The summed E-state index contributed by atoms with van der Waals surface area (Å²) in [5.74, 6) is 0.608. The van der Waals surface area contributed by atoms with Crippen LogP contribution in [0.4, 0.5) is 0 Å². The summed E-state index contributed by atoms with van der Waals surface area (Å²) in [6.07, 6.45) is 4.38. The van der Waals surface area contributed by atoms with Crippen LogP contribution in [0.2, 0.25) is 5.02 Å². The molecule has 0 saturated heterocycles. The van der Waals surface area contributed by atoms with Crippen molar-refractivity contribution >= 4 is 27.5 Å². The summed E-state index contributed by atoms with van der Waals surface area (Å²) in [5.41, 5.74) is 0. The van der Waals surface area contributed by atoms with E-state index in [4.69, 9.17) is 11.6 Å². The number of hydrogen-bond acceptors (Lipinski definition) is 3. The molecule has 1 saturated carbocycles. The third-order valence-electron chi connectivity index (χ3n) is 4.15. The average molecular weight is 359 g/mol. The van der Waals surface area contributed by atoms with E-state index in [-0.39, 0.29) is 34.8 Å². The number of nitrogens with one attached hydrogen (secondary N) is 2. The fourth-order valence-electron chi connectivity index (χ4n) is 2.74. The summed E-state index contributed by atoms with van der Waals surface area (Å²) in [5, 5.41) is 3.14. The molecule has 0 atom stereocenters. The molecule has 1 amide bonds. The van der Waals surface area contributed by atoms with E-state index in [1.165, 1.54) is 12.1 Å². The number of benzene rings is 1. The monoisotopic (exact) mass is 358 g/mol. The minimum absolute atomic E-state index is 0.0309. The molecular formula is C16H23ClN2O3S. The Balaban J connectivity index is 1.78. The van der Waals surface area contributed by atoms with E-state index < -0.39 is 10.0 Å². The van der Waals surface area contributed by atoms with Crippen molar-refractivity contribution < 1.29 is 13.2 Å². The van der Waals surface area contributed by atoms with Gasteiger partial charge in [0.2, 0.25) is 15.9 Å². The van der Waals surface area contributed by atoms with Crippen LogP contribution in [0.15, 0.2) is 29.2 Å². The zero-order valence-corrected chi connectivity index (χ0v) is 14.8. The van der Waals surface area contributed by atoms with Crippen LogP contribution < -0.4 is 10.0 Å². The van der Waals surface area contributed by atoms with Gasteiger partial charge in [0.05, 0.1) is 5.02 Å². The minimum Gasteiger partial charge on any atom is -0.353 e. The molecule has 23 heavy (non-hydrogen) atoms. The topological polar surface area (TPSA) is 75.3 Å². The summed E-state index contributed by atoms with van der Waals surface area (Å²) >= 11 is 5.89. The molecule has 128 valence electrons. The number of carbonyl (C=O) groups is 1. The quantitative estimate of drug-likeness (QED) is 0.821. The second kappa shape index (κ2) is 8.13. The Morgan fingerprint density at radius 1 is 1.22 bits per heavy atom. The molecule has 0 aromatic heterocycles. The average Bonchev–Trinajstić information content (AvgIpc) is 2.49. The van der Waals surface area contributed by atoms with E-state index >= 15 is 0 Å². The Morgan fingerprint density at radius 3 is 2.52 bits per heavy atom. The zero-order valence-electron chi connectivity index (χ0n) is 13.2. The van der Waals surface area contributed by atoms with Crippen molar-refractivity contribution in [3.05, 3.63) is 29.3 Å². The molecule has 0 unspecified atom stereocenters. The molecular weight excluding hydrogens is 336 g/mol. The highest BCUT2D eigenvalue weighted by Gasteiger charge is 2.20. The number of hydrogen-bond donors (Lipinski definition) is 2. The first-order valence-corrected chi connectivity index (χ1v) is 9.78. The number of halogens is 1. The molecule has 1 aromatic rings. The van der Waals surface area contributed by atoms with Gasteiger partial charge in [0.25, 0.3) is 0 Å². The lowest BCUT2D eigenvalue weighted by atomic mass is 9.87. The van der Waals surface area contributed by atoms with Gasteiger partial charge in [0.1, 0.15) is 4.90 Å². The lowest BCUT2D eigenvalue weighted by Gasteiger charge is -2.26. The van der Waals surface area contributed by atoms with E-state index in [1.807, 2.05) is 0 Å². The van der Waals surface area contributed by atoms with E-state index in [1.54, 1.807) is 12.1 Å². The molecule has 5 nitrogen and oxygen atoms in total. The van der Waals surface area contributed by atoms with Crippen LogP contribution in [0.25, 0.3) is 0 Å². The van der Waals surface area contributed by atoms with Gasteiger partial charge in [0, 0.05) is 19.0 Å². The van der Waals surface area contributed by atoms with Gasteiger partial charge in [-0.2, -0.15) is 0 Å². The molecule has 0 bridgehead atoms. The van der Waals surface area contributed by atoms with Gasteiger partial charge in [-0.05, 0) is 43.7 Å². The zero-order chi connectivity index (χ0) is 16.9. The lowest BCUT2D eigenvalue weighted by Crippen LogP contribution is -2.39. The number of amides is 1. The Labute approximate surface area is 142 Å². The molecule has 1 aromatic carbocycles. The summed E-state index contributed by atoms with van der Waals surface area (Å²) in [6, 6.07) is 6.46. The SMILES string of the molecule is CC1CCC(NC(=O)CCNS(=O)(=O)c2ccccc2Cl)CC1. The highest BCUT2D eigenvalue weighted by Crippen LogP contribution is 2.23. The van der Waals surface area contributed by atoms with Crippen LogP contribution in [0.3, 0.4) is 0 Å². The molecule has 0 heterocycles. The fraction of sp³-hybridized carbons (Fsp3) is 0.562. The van der Waals surface area contributed by atoms with Gasteiger partial charge in [-0.3, -0.25) is 4.79 Å². The highest BCUT2D eigenvalue weighted by atomic mass is 35.5. The largest absolute Gasteiger partial charge is 0.353 e. The van der Waals surface area contributed by atoms with Crippen molar-refractivity contribution in [1.82, 2.24) is 10.0 Å². The second-order valence-electron chi connectivity index (χ2n) is 6.10. The first-order valence-electron chi connectivity index (χ1n) is 7.92. The van der Waals surface area contributed by atoms with Crippen molar-refractivity contribution in [3.8, 4) is 0 Å². The minimum atomic E-state index is -3.69. The summed E-state index contributed by atoms with van der Waals surface area (Å²) in [4.78, 5) is 11.9. The number of sulfonamides is 1. The maximum atomic E-state index is 12.1. The Hall–Kier alpha value is -1.11. The van der Waals surface area contributed by atoms with E-state index in [9.17, 15) is 13.2 Å². The molecule has 1 aliphatic carbocycles. The highest BCUT2D eigenvalue weighted by molar-refractivity contribution is 7.89. The molecule has 0 spiro atoms. The van der Waals surface area contributed by atoms with Gasteiger partial charge in [-0.25, -0.2) is 13.1 Å². The molecule has 7 heteroatoms. The Bertz CT molecular complexity index is 640. The van der Waals surface area contributed by atoms with Gasteiger partial charge >= 0.3 is 0 Å². The third kappa shape index (κ3) is 5.48. The van der Waals surface area contributed by atoms with Crippen LogP contribution >= 0.6 is 11.6 Å². The molecule has 2 N–H and O–H groups in total. The maximum Gasteiger partial charge on any atom is 0.242 e. The Kier molecular flexibility index (Phi) is 6.44.